The third-order valence-electron chi connectivity index (χ3n) is 6.66. The molecule has 0 radical (unpaired) electrons. The molecule has 0 spiro atoms. The van der Waals surface area contributed by atoms with Crippen LogP contribution in [0.4, 0.5) is 18.9 Å². The van der Waals surface area contributed by atoms with Crippen LogP contribution in [0.15, 0.2) is 29.3 Å². The Morgan fingerprint density at radius 3 is 1.91 bits per heavy atom. The molecule has 3 nitrogen and oxygen atoms in total. The second-order valence-electron chi connectivity index (χ2n) is 9.77. The van der Waals surface area contributed by atoms with Gasteiger partial charge in [-0.3, -0.25) is 0 Å². The van der Waals surface area contributed by atoms with Crippen molar-refractivity contribution in [3.05, 3.63) is 29.8 Å². The number of rotatable bonds is 15. The molecule has 0 aliphatic carbocycles. The van der Waals surface area contributed by atoms with Gasteiger partial charge in [-0.05, 0) is 0 Å². The van der Waals surface area contributed by atoms with Crippen molar-refractivity contribution >= 4 is 29.8 Å². The van der Waals surface area contributed by atoms with Crippen LogP contribution in [0, 0.1) is 0 Å². The Morgan fingerprint density at radius 2 is 1.45 bits per heavy atom. The van der Waals surface area contributed by atoms with Crippen LogP contribution in [-0.4, -0.2) is 54.4 Å². The summed E-state index contributed by atoms with van der Waals surface area (Å²) in [5.74, 6) is 0. The fourth-order valence-electron chi connectivity index (χ4n) is 4.56. The zero-order valence-corrected chi connectivity index (χ0v) is 23.9. The molecule has 1 aliphatic rings. The minimum absolute atomic E-state index is 0.127. The molecule has 0 N–H and O–H groups in total. The minimum atomic E-state index is -4.29. The summed E-state index contributed by atoms with van der Waals surface area (Å²) in [5.41, 5.74) is 1.31. The molecule has 2 rings (SSSR count). The zero-order chi connectivity index (χ0) is 24.3. The zero-order valence-electron chi connectivity index (χ0n) is 21.0. The van der Waals surface area contributed by atoms with Crippen LogP contribution >= 0.6 is 0 Å². The van der Waals surface area contributed by atoms with Crippen LogP contribution in [0.25, 0.3) is 0 Å². The monoisotopic (exact) mass is 576 g/mol. The van der Waals surface area contributed by atoms with E-state index in [0.717, 1.165) is 28.2 Å². The topological polar surface area (TPSA) is 24.8 Å². The van der Waals surface area contributed by atoms with Crippen molar-refractivity contribution in [2.24, 2.45) is 4.99 Å². The van der Waals surface area contributed by atoms with Gasteiger partial charge >= 0.3 is 190 Å². The molecule has 188 valence electrons. The molecule has 1 aromatic carbocycles. The SMILES string of the molecule is CCC[CH2][Sn]([CH2]CCC)([CH2]CCC)[CH2]OCC(C)N=C1CN(c2ccc(C(F)(F)F)cc2)C1. The Morgan fingerprint density at radius 1 is 0.939 bits per heavy atom. The van der Waals surface area contributed by atoms with E-state index in [-0.39, 0.29) is 6.04 Å². The van der Waals surface area contributed by atoms with Gasteiger partial charge in [0.1, 0.15) is 0 Å². The second kappa shape index (κ2) is 14.0. The molecule has 0 amide bonds. The predicted octanol–water partition coefficient (Wildman–Crippen LogP) is 7.76. The standard InChI is InChI=1S/C14H16F3N2O.3C4H9.Sn/c1-10(9-20-2)18-12-7-19(8-12)13-5-3-11(4-6-13)14(15,16)17;3*1-3-4-2;/h3-6,10H,2,7-9H2,1H3;3*1,3-4H2,2H3;. The van der Waals surface area contributed by atoms with Crippen molar-refractivity contribution in [2.75, 3.05) is 29.2 Å². The summed E-state index contributed by atoms with van der Waals surface area (Å²) in [6.45, 7) is 11.0. The van der Waals surface area contributed by atoms with Gasteiger partial charge in [0.25, 0.3) is 0 Å². The predicted molar refractivity (Wildman–Crippen MR) is 136 cm³/mol. The fraction of sp³-hybridized carbons (Fsp3) is 0.731. The number of benzene rings is 1. The van der Waals surface area contributed by atoms with Gasteiger partial charge in [0.15, 0.2) is 0 Å². The van der Waals surface area contributed by atoms with Crippen LogP contribution < -0.4 is 4.90 Å². The number of hydrogen-bond donors (Lipinski definition) is 0. The molecule has 7 heteroatoms. The van der Waals surface area contributed by atoms with E-state index in [2.05, 4.69) is 27.7 Å². The van der Waals surface area contributed by atoms with Gasteiger partial charge in [-0.1, -0.05) is 0 Å². The third kappa shape index (κ3) is 9.42. The molecule has 1 aliphatic heterocycles. The molecular weight excluding hydrogens is 532 g/mol. The number of anilines is 1. The van der Waals surface area contributed by atoms with Gasteiger partial charge in [0, 0.05) is 0 Å². The van der Waals surface area contributed by atoms with E-state index in [1.54, 1.807) is 12.1 Å². The molecule has 1 saturated heterocycles. The first kappa shape index (κ1) is 28.5. The molecule has 0 saturated carbocycles. The van der Waals surface area contributed by atoms with Gasteiger partial charge in [0.2, 0.25) is 0 Å². The van der Waals surface area contributed by atoms with Crippen LogP contribution in [-0.2, 0) is 10.9 Å². The number of alkyl halides is 3. The Balaban J connectivity index is 1.83. The van der Waals surface area contributed by atoms with Gasteiger partial charge in [0.05, 0.1) is 0 Å². The van der Waals surface area contributed by atoms with E-state index in [0.29, 0.717) is 19.7 Å². The fourth-order valence-corrected chi connectivity index (χ4v) is 19.0. The van der Waals surface area contributed by atoms with Gasteiger partial charge in [-0.2, -0.15) is 13.2 Å². The quantitative estimate of drug-likeness (QED) is 0.200. The molecule has 1 heterocycles. The molecular formula is C26H43F3N2OSn. The Kier molecular flexibility index (Phi) is 12.0. The van der Waals surface area contributed by atoms with Crippen LogP contribution in [0.1, 0.15) is 71.8 Å². The summed E-state index contributed by atoms with van der Waals surface area (Å²) < 4.78 is 50.0. The van der Waals surface area contributed by atoms with Crippen molar-refractivity contribution in [3.8, 4) is 0 Å². The first-order valence-corrected chi connectivity index (χ1v) is 20.9. The van der Waals surface area contributed by atoms with Crippen molar-refractivity contribution in [1.82, 2.24) is 0 Å². The second-order valence-corrected chi connectivity index (χ2v) is 23.4. The summed E-state index contributed by atoms with van der Waals surface area (Å²) >= 11 is -2.26. The number of ether oxygens (including phenoxy) is 1. The first-order valence-electron chi connectivity index (χ1n) is 12.8. The van der Waals surface area contributed by atoms with Crippen molar-refractivity contribution in [1.29, 1.82) is 0 Å². The normalized spacial score (nSPS) is 15.5. The van der Waals surface area contributed by atoms with Gasteiger partial charge in [-0.15, -0.1) is 0 Å². The average Bonchev–Trinajstić information content (AvgIpc) is 2.76. The number of unbranched alkanes of at least 4 members (excludes halogenated alkanes) is 3. The summed E-state index contributed by atoms with van der Waals surface area (Å²) in [4.78, 5) is 6.86. The van der Waals surface area contributed by atoms with E-state index in [1.807, 2.05) is 4.90 Å². The van der Waals surface area contributed by atoms with E-state index in [1.165, 1.54) is 51.8 Å². The third-order valence-corrected chi connectivity index (χ3v) is 21.1. The van der Waals surface area contributed by atoms with E-state index in [9.17, 15) is 13.2 Å². The van der Waals surface area contributed by atoms with Gasteiger partial charge in [-0.25, -0.2) is 0 Å². The molecule has 0 aromatic heterocycles. The van der Waals surface area contributed by atoms with Crippen LogP contribution in [0.5, 0.6) is 0 Å². The van der Waals surface area contributed by atoms with Crippen molar-refractivity contribution in [2.45, 2.75) is 91.7 Å². The van der Waals surface area contributed by atoms with Crippen LogP contribution in [0.2, 0.25) is 13.3 Å². The Bertz CT molecular complexity index is 691. The van der Waals surface area contributed by atoms with Crippen molar-refractivity contribution in [3.63, 3.8) is 0 Å². The van der Waals surface area contributed by atoms with E-state index < -0.39 is 30.1 Å². The summed E-state index contributed by atoms with van der Waals surface area (Å²) in [5, 5.41) is 0. The molecule has 0 bridgehead atoms. The number of aliphatic imine (C=N–C) groups is 1. The maximum absolute atomic E-state index is 12.7. The molecule has 1 atom stereocenters. The molecule has 1 aromatic rings. The maximum atomic E-state index is 12.7. The summed E-state index contributed by atoms with van der Waals surface area (Å²) in [6.07, 6.45) is 3.59. The molecule has 1 unspecified atom stereocenters. The Hall–Kier alpha value is -0.761. The summed E-state index contributed by atoms with van der Waals surface area (Å²) in [6, 6.07) is 5.51. The summed E-state index contributed by atoms with van der Waals surface area (Å²) in [7, 11) is 0. The first-order chi connectivity index (χ1) is 15.7. The molecule has 33 heavy (non-hydrogen) atoms. The average molecular weight is 575 g/mol. The molecule has 1 fully saturated rings. The van der Waals surface area contributed by atoms with Crippen molar-refractivity contribution < 1.29 is 17.9 Å². The van der Waals surface area contributed by atoms with E-state index in [4.69, 9.17) is 9.73 Å². The number of nitrogens with zero attached hydrogens (tertiary/aromatic N) is 2. The number of hydrogen-bond acceptors (Lipinski definition) is 3. The number of halogens is 3. The Labute approximate surface area is 203 Å². The van der Waals surface area contributed by atoms with Gasteiger partial charge < -0.3 is 0 Å². The van der Waals surface area contributed by atoms with E-state index >= 15 is 0 Å². The van der Waals surface area contributed by atoms with Crippen LogP contribution in [0.3, 0.4) is 0 Å².